The summed E-state index contributed by atoms with van der Waals surface area (Å²) in [5, 5.41) is 5.91. The average Bonchev–Trinajstić information content (AvgIpc) is 2.90. The molecule has 1 fully saturated rings. The third-order valence-corrected chi connectivity index (χ3v) is 4.91. The van der Waals surface area contributed by atoms with Gasteiger partial charge in [-0.1, -0.05) is 0 Å². The molecule has 20 heavy (non-hydrogen) atoms. The van der Waals surface area contributed by atoms with E-state index < -0.39 is 5.54 Å². The molecule has 1 aliphatic rings. The molecule has 0 atom stereocenters. The minimum atomic E-state index is -0.462. The van der Waals surface area contributed by atoms with Crippen molar-refractivity contribution in [1.82, 2.24) is 14.9 Å². The van der Waals surface area contributed by atoms with Crippen LogP contribution in [0.2, 0.25) is 0 Å². The van der Waals surface area contributed by atoms with E-state index in [2.05, 4.69) is 30.8 Å². The van der Waals surface area contributed by atoms with Gasteiger partial charge in [0, 0.05) is 28.3 Å². The highest BCUT2D eigenvalue weighted by molar-refractivity contribution is 9.10. The Hall–Kier alpha value is -1.14. The Morgan fingerprint density at radius 1 is 1.55 bits per heavy atom. The van der Waals surface area contributed by atoms with Crippen molar-refractivity contribution >= 4 is 33.2 Å². The highest BCUT2D eigenvalue weighted by Crippen LogP contribution is 2.37. The normalized spacial score (nSPS) is 15.3. The second-order valence-electron chi connectivity index (χ2n) is 5.60. The van der Waals surface area contributed by atoms with Gasteiger partial charge in [-0.05, 0) is 48.7 Å². The fourth-order valence-corrected chi connectivity index (χ4v) is 3.37. The fourth-order valence-electron chi connectivity index (χ4n) is 2.22. The number of thiazole rings is 1. The Kier molecular flexibility index (Phi) is 3.46. The molecule has 0 aliphatic heterocycles. The number of hydrogen-bond donors (Lipinski definition) is 1. The predicted octanol–water partition coefficient (Wildman–Crippen LogP) is 3.71. The van der Waals surface area contributed by atoms with E-state index in [1.54, 1.807) is 17.5 Å². The summed E-state index contributed by atoms with van der Waals surface area (Å²) < 4.78 is 3.01. The van der Waals surface area contributed by atoms with Gasteiger partial charge in [0.1, 0.15) is 10.7 Å². The van der Waals surface area contributed by atoms with Gasteiger partial charge >= 0.3 is 0 Å². The van der Waals surface area contributed by atoms with Crippen molar-refractivity contribution in [3.63, 3.8) is 0 Å². The smallest absolute Gasteiger partial charge is 0.268 e. The van der Waals surface area contributed by atoms with E-state index in [-0.39, 0.29) is 5.91 Å². The Morgan fingerprint density at radius 2 is 2.30 bits per heavy atom. The SMILES string of the molecule is CC(C)(NC(=O)c1cc(Br)cn1C1CC1)c1nccs1. The Bertz CT molecular complexity index is 629. The summed E-state index contributed by atoms with van der Waals surface area (Å²) in [6.45, 7) is 3.95. The minimum absolute atomic E-state index is 0.0530. The summed E-state index contributed by atoms with van der Waals surface area (Å²) in [4.78, 5) is 16.8. The highest BCUT2D eigenvalue weighted by atomic mass is 79.9. The van der Waals surface area contributed by atoms with E-state index in [0.717, 1.165) is 22.3 Å². The number of amides is 1. The molecule has 0 aromatic carbocycles. The van der Waals surface area contributed by atoms with E-state index in [4.69, 9.17) is 0 Å². The average molecular weight is 354 g/mol. The summed E-state index contributed by atoms with van der Waals surface area (Å²) in [5.41, 5.74) is 0.250. The number of aromatic nitrogens is 2. The van der Waals surface area contributed by atoms with E-state index in [9.17, 15) is 4.79 Å². The van der Waals surface area contributed by atoms with Gasteiger partial charge in [0.05, 0.1) is 5.54 Å². The summed E-state index contributed by atoms with van der Waals surface area (Å²) in [6, 6.07) is 2.36. The molecule has 0 bridgehead atoms. The van der Waals surface area contributed by atoms with Gasteiger partial charge in [-0.2, -0.15) is 0 Å². The second-order valence-corrected chi connectivity index (χ2v) is 7.41. The van der Waals surface area contributed by atoms with Crippen LogP contribution in [0.3, 0.4) is 0 Å². The van der Waals surface area contributed by atoms with Crippen LogP contribution in [0, 0.1) is 0 Å². The van der Waals surface area contributed by atoms with Crippen molar-refractivity contribution in [2.24, 2.45) is 0 Å². The maximum absolute atomic E-state index is 12.5. The van der Waals surface area contributed by atoms with Gasteiger partial charge in [0.2, 0.25) is 0 Å². The van der Waals surface area contributed by atoms with Gasteiger partial charge in [-0.25, -0.2) is 4.98 Å². The van der Waals surface area contributed by atoms with Crippen LogP contribution in [0.15, 0.2) is 28.3 Å². The van der Waals surface area contributed by atoms with Crippen LogP contribution >= 0.6 is 27.3 Å². The number of nitrogens with one attached hydrogen (secondary N) is 1. The lowest BCUT2D eigenvalue weighted by molar-refractivity contribution is 0.0902. The first-order valence-electron chi connectivity index (χ1n) is 6.57. The zero-order valence-corrected chi connectivity index (χ0v) is 13.8. The standard InChI is InChI=1S/C14H16BrN3OS/c1-14(2,13-16-5-6-20-13)17-12(19)11-7-9(15)8-18(11)10-3-4-10/h5-8,10H,3-4H2,1-2H3,(H,17,19). The van der Waals surface area contributed by atoms with Crippen LogP contribution in [-0.2, 0) is 5.54 Å². The summed E-state index contributed by atoms with van der Waals surface area (Å²) in [7, 11) is 0. The first kappa shape index (κ1) is 13.8. The number of carbonyl (C=O) groups excluding carboxylic acids is 1. The molecule has 1 aliphatic carbocycles. The Balaban J connectivity index is 1.83. The van der Waals surface area contributed by atoms with Gasteiger partial charge in [0.15, 0.2) is 0 Å². The molecule has 6 heteroatoms. The maximum atomic E-state index is 12.5. The topological polar surface area (TPSA) is 46.9 Å². The zero-order valence-electron chi connectivity index (χ0n) is 11.4. The van der Waals surface area contributed by atoms with E-state index >= 15 is 0 Å². The van der Waals surface area contributed by atoms with Crippen LogP contribution in [0.5, 0.6) is 0 Å². The molecule has 1 saturated carbocycles. The molecule has 1 N–H and O–H groups in total. The Labute approximate surface area is 130 Å². The van der Waals surface area contributed by atoms with E-state index in [1.807, 2.05) is 31.5 Å². The van der Waals surface area contributed by atoms with Gasteiger partial charge in [-0.3, -0.25) is 4.79 Å². The largest absolute Gasteiger partial charge is 0.339 e. The van der Waals surface area contributed by atoms with Crippen molar-refractivity contribution in [1.29, 1.82) is 0 Å². The number of carbonyl (C=O) groups is 1. The molecular formula is C14H16BrN3OS. The summed E-state index contributed by atoms with van der Waals surface area (Å²) in [5.74, 6) is -0.0530. The molecule has 2 aromatic heterocycles. The quantitative estimate of drug-likeness (QED) is 0.910. The molecule has 0 radical (unpaired) electrons. The maximum Gasteiger partial charge on any atom is 0.268 e. The van der Waals surface area contributed by atoms with Crippen molar-refractivity contribution in [2.75, 3.05) is 0 Å². The van der Waals surface area contributed by atoms with Crippen LogP contribution in [0.4, 0.5) is 0 Å². The zero-order chi connectivity index (χ0) is 14.3. The van der Waals surface area contributed by atoms with Gasteiger partial charge in [-0.15, -0.1) is 11.3 Å². The molecule has 3 rings (SSSR count). The van der Waals surface area contributed by atoms with Crippen molar-refractivity contribution in [2.45, 2.75) is 38.3 Å². The second kappa shape index (κ2) is 5.00. The lowest BCUT2D eigenvalue weighted by Gasteiger charge is -2.24. The minimum Gasteiger partial charge on any atom is -0.339 e. The van der Waals surface area contributed by atoms with Crippen LogP contribution in [0.25, 0.3) is 0 Å². The third kappa shape index (κ3) is 2.67. The van der Waals surface area contributed by atoms with Crippen molar-refractivity contribution in [3.05, 3.63) is 39.0 Å². The number of nitrogens with zero attached hydrogens (tertiary/aromatic N) is 2. The summed E-state index contributed by atoms with van der Waals surface area (Å²) >= 11 is 5.01. The highest BCUT2D eigenvalue weighted by Gasteiger charge is 2.31. The fraction of sp³-hybridized carbons (Fsp3) is 0.429. The monoisotopic (exact) mass is 353 g/mol. The number of rotatable bonds is 4. The summed E-state index contributed by atoms with van der Waals surface area (Å²) in [6.07, 6.45) is 6.05. The van der Waals surface area contributed by atoms with Crippen LogP contribution in [0.1, 0.15) is 48.2 Å². The van der Waals surface area contributed by atoms with E-state index in [0.29, 0.717) is 11.7 Å². The lowest BCUT2D eigenvalue weighted by Crippen LogP contribution is -2.41. The first-order valence-corrected chi connectivity index (χ1v) is 8.24. The molecule has 0 saturated heterocycles. The molecule has 1 amide bonds. The number of halogens is 1. The number of hydrogen-bond acceptors (Lipinski definition) is 3. The molecule has 4 nitrogen and oxygen atoms in total. The Morgan fingerprint density at radius 3 is 2.90 bits per heavy atom. The van der Waals surface area contributed by atoms with Crippen LogP contribution < -0.4 is 5.32 Å². The van der Waals surface area contributed by atoms with E-state index in [1.165, 1.54) is 0 Å². The van der Waals surface area contributed by atoms with Gasteiger partial charge < -0.3 is 9.88 Å². The first-order chi connectivity index (χ1) is 9.47. The molecule has 0 spiro atoms. The molecule has 106 valence electrons. The predicted molar refractivity (Wildman–Crippen MR) is 83.0 cm³/mol. The van der Waals surface area contributed by atoms with Gasteiger partial charge in [0.25, 0.3) is 5.91 Å². The third-order valence-electron chi connectivity index (χ3n) is 3.38. The lowest BCUT2D eigenvalue weighted by atomic mass is 10.1. The van der Waals surface area contributed by atoms with Crippen molar-refractivity contribution in [3.8, 4) is 0 Å². The molecule has 0 unspecified atom stereocenters. The van der Waals surface area contributed by atoms with Crippen LogP contribution in [-0.4, -0.2) is 15.5 Å². The molecule has 2 heterocycles. The molecular weight excluding hydrogens is 338 g/mol. The van der Waals surface area contributed by atoms with Crippen molar-refractivity contribution < 1.29 is 4.79 Å². The molecule has 2 aromatic rings.